The molecule has 19 heavy (non-hydrogen) atoms. The van der Waals surface area contributed by atoms with Crippen molar-refractivity contribution < 1.29 is 0 Å². The zero-order valence-electron chi connectivity index (χ0n) is 10.9. The molecule has 100 valence electrons. The Morgan fingerprint density at radius 1 is 1.37 bits per heavy atom. The predicted molar refractivity (Wildman–Crippen MR) is 77.6 cm³/mol. The number of rotatable bonds is 3. The minimum absolute atomic E-state index is 0.0469. The van der Waals surface area contributed by atoms with E-state index in [1.54, 1.807) is 6.07 Å². The summed E-state index contributed by atoms with van der Waals surface area (Å²) < 4.78 is 0. The molecule has 0 aliphatic heterocycles. The summed E-state index contributed by atoms with van der Waals surface area (Å²) in [4.78, 5) is 19.0. The Balaban J connectivity index is 2.38. The van der Waals surface area contributed by atoms with Crippen LogP contribution in [0.3, 0.4) is 0 Å². The molecule has 0 bridgehead atoms. The third-order valence-electron chi connectivity index (χ3n) is 2.93. The van der Waals surface area contributed by atoms with Crippen LogP contribution in [0, 0.1) is 0 Å². The first-order valence-corrected chi connectivity index (χ1v) is 6.48. The molecular formula is C14H16ClN3O. The SMILES string of the molecule is CC(C)c1c(N)nc(Cc2ccccc2Cl)[nH]c1=O. The summed E-state index contributed by atoms with van der Waals surface area (Å²) in [5.41, 5.74) is 7.11. The van der Waals surface area contributed by atoms with Gasteiger partial charge in [0.2, 0.25) is 0 Å². The van der Waals surface area contributed by atoms with Crippen LogP contribution in [-0.4, -0.2) is 9.97 Å². The highest BCUT2D eigenvalue weighted by molar-refractivity contribution is 6.31. The van der Waals surface area contributed by atoms with Crippen LogP contribution < -0.4 is 11.3 Å². The first kappa shape index (κ1) is 13.6. The molecule has 1 aromatic carbocycles. The van der Waals surface area contributed by atoms with E-state index in [1.807, 2.05) is 32.0 Å². The van der Waals surface area contributed by atoms with Crippen molar-refractivity contribution in [3.63, 3.8) is 0 Å². The minimum Gasteiger partial charge on any atom is -0.383 e. The number of nitrogens with zero attached hydrogens (tertiary/aromatic N) is 1. The molecule has 0 aliphatic rings. The summed E-state index contributed by atoms with van der Waals surface area (Å²) in [5.74, 6) is 0.867. The van der Waals surface area contributed by atoms with Crippen molar-refractivity contribution in [1.82, 2.24) is 9.97 Å². The highest BCUT2D eigenvalue weighted by atomic mass is 35.5. The lowest BCUT2D eigenvalue weighted by atomic mass is 10.1. The van der Waals surface area contributed by atoms with E-state index < -0.39 is 0 Å². The first-order chi connectivity index (χ1) is 8.99. The molecule has 1 heterocycles. The highest BCUT2D eigenvalue weighted by Gasteiger charge is 2.13. The van der Waals surface area contributed by atoms with E-state index in [0.29, 0.717) is 28.6 Å². The Hall–Kier alpha value is -1.81. The standard InChI is InChI=1S/C14H16ClN3O/c1-8(2)12-13(16)17-11(18-14(12)19)7-9-5-3-4-6-10(9)15/h3-6,8H,7H2,1-2H3,(H3,16,17,18,19). The van der Waals surface area contributed by atoms with Crippen LogP contribution in [0.5, 0.6) is 0 Å². The molecular weight excluding hydrogens is 262 g/mol. The molecule has 3 N–H and O–H groups in total. The van der Waals surface area contributed by atoms with Crippen LogP contribution in [-0.2, 0) is 6.42 Å². The number of nitrogen functional groups attached to an aromatic ring is 1. The number of hydrogen-bond acceptors (Lipinski definition) is 3. The fraction of sp³-hybridized carbons (Fsp3) is 0.286. The zero-order chi connectivity index (χ0) is 14.0. The van der Waals surface area contributed by atoms with Gasteiger partial charge in [-0.2, -0.15) is 0 Å². The topological polar surface area (TPSA) is 71.8 Å². The maximum Gasteiger partial charge on any atom is 0.256 e. The second-order valence-corrected chi connectivity index (χ2v) is 5.14. The highest BCUT2D eigenvalue weighted by Crippen LogP contribution is 2.19. The van der Waals surface area contributed by atoms with E-state index >= 15 is 0 Å². The van der Waals surface area contributed by atoms with Crippen LogP contribution >= 0.6 is 11.6 Å². The van der Waals surface area contributed by atoms with Gasteiger partial charge in [0, 0.05) is 11.4 Å². The molecule has 2 rings (SSSR count). The molecule has 2 aromatic rings. The van der Waals surface area contributed by atoms with E-state index in [0.717, 1.165) is 5.56 Å². The molecule has 0 radical (unpaired) electrons. The fourth-order valence-electron chi connectivity index (χ4n) is 2.01. The Bertz CT molecular complexity index is 649. The Kier molecular flexibility index (Phi) is 3.90. The van der Waals surface area contributed by atoms with Crippen molar-refractivity contribution in [1.29, 1.82) is 0 Å². The van der Waals surface area contributed by atoms with Gasteiger partial charge in [0.05, 0.1) is 5.56 Å². The van der Waals surface area contributed by atoms with Gasteiger partial charge >= 0.3 is 0 Å². The lowest BCUT2D eigenvalue weighted by molar-refractivity contribution is 0.818. The Labute approximate surface area is 116 Å². The number of benzene rings is 1. The molecule has 5 heteroatoms. The number of hydrogen-bond donors (Lipinski definition) is 2. The van der Waals surface area contributed by atoms with Crippen molar-refractivity contribution in [2.45, 2.75) is 26.2 Å². The van der Waals surface area contributed by atoms with Gasteiger partial charge in [-0.05, 0) is 17.5 Å². The molecule has 0 atom stereocenters. The number of halogens is 1. The third-order valence-corrected chi connectivity index (χ3v) is 3.30. The summed E-state index contributed by atoms with van der Waals surface area (Å²) >= 11 is 6.08. The van der Waals surface area contributed by atoms with Crippen molar-refractivity contribution in [2.24, 2.45) is 0 Å². The van der Waals surface area contributed by atoms with Crippen LogP contribution in [0.4, 0.5) is 5.82 Å². The number of aromatic nitrogens is 2. The van der Waals surface area contributed by atoms with E-state index in [4.69, 9.17) is 17.3 Å². The lowest BCUT2D eigenvalue weighted by Gasteiger charge is -2.09. The van der Waals surface area contributed by atoms with Crippen LogP contribution in [0.25, 0.3) is 0 Å². The molecule has 0 saturated heterocycles. The summed E-state index contributed by atoms with van der Waals surface area (Å²) in [7, 11) is 0. The normalized spacial score (nSPS) is 10.9. The second kappa shape index (κ2) is 5.45. The van der Waals surface area contributed by atoms with Crippen molar-refractivity contribution in [3.05, 3.63) is 56.6 Å². The minimum atomic E-state index is -0.176. The van der Waals surface area contributed by atoms with Crippen LogP contribution in [0.1, 0.15) is 36.7 Å². The molecule has 0 unspecified atom stereocenters. The van der Waals surface area contributed by atoms with Gasteiger partial charge in [-0.25, -0.2) is 4.98 Å². The average Bonchev–Trinajstić information content (AvgIpc) is 2.30. The van der Waals surface area contributed by atoms with Crippen molar-refractivity contribution in [2.75, 3.05) is 5.73 Å². The van der Waals surface area contributed by atoms with Crippen molar-refractivity contribution in [3.8, 4) is 0 Å². The van der Waals surface area contributed by atoms with Gasteiger partial charge in [0.25, 0.3) is 5.56 Å². The molecule has 0 spiro atoms. The quantitative estimate of drug-likeness (QED) is 0.906. The molecule has 0 saturated carbocycles. The molecule has 0 fully saturated rings. The molecule has 0 amide bonds. The summed E-state index contributed by atoms with van der Waals surface area (Å²) in [6.07, 6.45) is 0.456. The van der Waals surface area contributed by atoms with Crippen LogP contribution in [0.2, 0.25) is 5.02 Å². The van der Waals surface area contributed by atoms with E-state index in [9.17, 15) is 4.79 Å². The molecule has 4 nitrogen and oxygen atoms in total. The maximum absolute atomic E-state index is 12.0. The van der Waals surface area contributed by atoms with Gasteiger partial charge in [0.1, 0.15) is 11.6 Å². The fourth-order valence-corrected chi connectivity index (χ4v) is 2.21. The van der Waals surface area contributed by atoms with Gasteiger partial charge in [-0.1, -0.05) is 43.6 Å². The summed E-state index contributed by atoms with van der Waals surface area (Å²) in [6.45, 7) is 3.83. The Morgan fingerprint density at radius 2 is 2.05 bits per heavy atom. The monoisotopic (exact) mass is 277 g/mol. The number of aromatic amines is 1. The van der Waals surface area contributed by atoms with Gasteiger partial charge < -0.3 is 10.7 Å². The third kappa shape index (κ3) is 2.96. The molecule has 0 aliphatic carbocycles. The summed E-state index contributed by atoms with van der Waals surface area (Å²) in [6, 6.07) is 7.46. The zero-order valence-corrected chi connectivity index (χ0v) is 11.7. The van der Waals surface area contributed by atoms with Gasteiger partial charge in [-0.3, -0.25) is 4.79 Å². The predicted octanol–water partition coefficient (Wildman–Crippen LogP) is 2.72. The van der Waals surface area contributed by atoms with Gasteiger partial charge in [0.15, 0.2) is 0 Å². The van der Waals surface area contributed by atoms with Crippen molar-refractivity contribution >= 4 is 17.4 Å². The maximum atomic E-state index is 12.0. The lowest BCUT2D eigenvalue weighted by Crippen LogP contribution is -2.21. The molecule has 1 aromatic heterocycles. The number of anilines is 1. The largest absolute Gasteiger partial charge is 0.383 e. The second-order valence-electron chi connectivity index (χ2n) is 4.73. The van der Waals surface area contributed by atoms with E-state index in [2.05, 4.69) is 9.97 Å². The van der Waals surface area contributed by atoms with Crippen LogP contribution in [0.15, 0.2) is 29.1 Å². The summed E-state index contributed by atoms with van der Waals surface area (Å²) in [5, 5.41) is 0.650. The smallest absolute Gasteiger partial charge is 0.256 e. The van der Waals surface area contributed by atoms with E-state index in [1.165, 1.54) is 0 Å². The first-order valence-electron chi connectivity index (χ1n) is 6.11. The van der Waals surface area contributed by atoms with Gasteiger partial charge in [-0.15, -0.1) is 0 Å². The Morgan fingerprint density at radius 3 is 2.63 bits per heavy atom. The van der Waals surface area contributed by atoms with E-state index in [-0.39, 0.29) is 11.5 Å². The number of nitrogens with two attached hydrogens (primary N) is 1. The number of nitrogens with one attached hydrogen (secondary N) is 1. The number of H-pyrrole nitrogens is 1. The average molecular weight is 278 g/mol.